The minimum atomic E-state index is -0.821. The lowest BCUT2D eigenvalue weighted by Gasteiger charge is -2.15. The Hall–Kier alpha value is -1.43. The van der Waals surface area contributed by atoms with Crippen molar-refractivity contribution in [2.24, 2.45) is 11.5 Å². The van der Waals surface area contributed by atoms with E-state index in [1.807, 2.05) is 0 Å². The second kappa shape index (κ2) is 6.09. The number of primary amides is 1. The largest absolute Gasteiger partial charge is 0.368 e. The molecule has 0 aromatic heterocycles. The van der Waals surface area contributed by atoms with Crippen molar-refractivity contribution in [2.45, 2.75) is 31.8 Å². The molecule has 0 saturated heterocycles. The molecule has 0 spiro atoms. The number of carbonyl (C=O) groups is 3. The topological polar surface area (TPSA) is 115 Å². The van der Waals surface area contributed by atoms with Crippen molar-refractivity contribution in [3.63, 3.8) is 0 Å². The third-order valence-corrected chi connectivity index (χ3v) is 1.65. The van der Waals surface area contributed by atoms with Crippen molar-refractivity contribution >= 4 is 18.1 Å². The molecule has 6 nitrogen and oxygen atoms in total. The van der Waals surface area contributed by atoms with Gasteiger partial charge in [0.05, 0.1) is 6.04 Å². The predicted molar refractivity (Wildman–Crippen MR) is 50.1 cm³/mol. The lowest BCUT2D eigenvalue weighted by Crippen LogP contribution is -2.49. The first-order valence-electron chi connectivity index (χ1n) is 4.28. The third kappa shape index (κ3) is 4.56. The van der Waals surface area contributed by atoms with Gasteiger partial charge < -0.3 is 21.6 Å². The van der Waals surface area contributed by atoms with Crippen LogP contribution in [-0.4, -0.2) is 30.2 Å². The van der Waals surface area contributed by atoms with Gasteiger partial charge in [0.1, 0.15) is 12.3 Å². The summed E-state index contributed by atoms with van der Waals surface area (Å²) in [5.41, 5.74) is 10.3. The molecule has 0 saturated carbocycles. The van der Waals surface area contributed by atoms with Gasteiger partial charge in [-0.25, -0.2) is 0 Å². The summed E-state index contributed by atoms with van der Waals surface area (Å²) in [6.07, 6.45) is 1.04. The van der Waals surface area contributed by atoms with Crippen LogP contribution in [0.1, 0.15) is 19.8 Å². The summed E-state index contributed by atoms with van der Waals surface area (Å²) >= 11 is 0. The Labute approximate surface area is 82.0 Å². The number of hydrogen-bond donors (Lipinski definition) is 3. The van der Waals surface area contributed by atoms with Gasteiger partial charge in [0.15, 0.2) is 0 Å². The molecule has 14 heavy (non-hydrogen) atoms. The Kier molecular flexibility index (Phi) is 5.47. The zero-order valence-corrected chi connectivity index (χ0v) is 8.03. The molecule has 0 bridgehead atoms. The van der Waals surface area contributed by atoms with Crippen LogP contribution < -0.4 is 16.8 Å². The average Bonchev–Trinajstić information content (AvgIpc) is 2.10. The van der Waals surface area contributed by atoms with E-state index in [-0.39, 0.29) is 12.8 Å². The van der Waals surface area contributed by atoms with Gasteiger partial charge in [0.2, 0.25) is 11.8 Å². The SMILES string of the molecule is C[C@H](N)C(=O)N[C@H](CCC=O)C(N)=O. The Balaban J connectivity index is 4.15. The number of aldehydes is 1. The lowest BCUT2D eigenvalue weighted by atomic mass is 10.1. The minimum absolute atomic E-state index is 0.173. The fourth-order valence-electron chi connectivity index (χ4n) is 0.823. The standard InChI is InChI=1S/C8H15N3O3/c1-5(9)8(14)11-6(7(10)13)3-2-4-12/h4-6H,2-3,9H2,1H3,(H2,10,13)(H,11,14)/t5-,6+/m0/s1. The highest BCUT2D eigenvalue weighted by molar-refractivity contribution is 5.88. The molecule has 0 rings (SSSR count). The molecule has 5 N–H and O–H groups in total. The fraction of sp³-hybridized carbons (Fsp3) is 0.625. The molecular formula is C8H15N3O3. The molecule has 0 radical (unpaired) electrons. The summed E-state index contributed by atoms with van der Waals surface area (Å²) in [6.45, 7) is 1.49. The van der Waals surface area contributed by atoms with E-state index in [4.69, 9.17) is 11.5 Å². The van der Waals surface area contributed by atoms with Crippen molar-refractivity contribution in [1.29, 1.82) is 0 Å². The molecule has 0 aliphatic rings. The zero-order chi connectivity index (χ0) is 11.1. The number of nitrogens with one attached hydrogen (secondary N) is 1. The molecule has 80 valence electrons. The molecule has 0 fully saturated rings. The molecule has 0 aliphatic carbocycles. The number of carbonyl (C=O) groups excluding carboxylic acids is 3. The molecule has 0 unspecified atom stereocenters. The van der Waals surface area contributed by atoms with E-state index in [1.54, 1.807) is 0 Å². The fourth-order valence-corrected chi connectivity index (χ4v) is 0.823. The molecule has 0 aliphatic heterocycles. The first-order valence-corrected chi connectivity index (χ1v) is 4.28. The highest BCUT2D eigenvalue weighted by atomic mass is 16.2. The highest BCUT2D eigenvalue weighted by Crippen LogP contribution is 1.95. The van der Waals surface area contributed by atoms with Gasteiger partial charge in [-0.05, 0) is 13.3 Å². The Morgan fingerprint density at radius 2 is 2.07 bits per heavy atom. The summed E-state index contributed by atoms with van der Waals surface area (Å²) in [7, 11) is 0. The first-order chi connectivity index (χ1) is 6.49. The van der Waals surface area contributed by atoms with Crippen LogP contribution in [0.25, 0.3) is 0 Å². The zero-order valence-electron chi connectivity index (χ0n) is 8.03. The number of amides is 2. The van der Waals surface area contributed by atoms with E-state index >= 15 is 0 Å². The van der Waals surface area contributed by atoms with E-state index in [0.29, 0.717) is 6.29 Å². The molecule has 2 atom stereocenters. The van der Waals surface area contributed by atoms with E-state index in [2.05, 4.69) is 5.32 Å². The van der Waals surface area contributed by atoms with Crippen LogP contribution in [0.2, 0.25) is 0 Å². The van der Waals surface area contributed by atoms with Gasteiger partial charge in [-0.15, -0.1) is 0 Å². The van der Waals surface area contributed by atoms with Crippen LogP contribution in [0.15, 0.2) is 0 Å². The van der Waals surface area contributed by atoms with Gasteiger partial charge in [-0.2, -0.15) is 0 Å². The summed E-state index contributed by atoms with van der Waals surface area (Å²) in [6, 6.07) is -1.52. The normalized spacial score (nSPS) is 14.1. The lowest BCUT2D eigenvalue weighted by molar-refractivity contribution is -0.128. The molecule has 2 amide bonds. The smallest absolute Gasteiger partial charge is 0.240 e. The minimum Gasteiger partial charge on any atom is -0.368 e. The van der Waals surface area contributed by atoms with E-state index < -0.39 is 23.9 Å². The number of nitrogens with two attached hydrogens (primary N) is 2. The van der Waals surface area contributed by atoms with Gasteiger partial charge in [-0.1, -0.05) is 0 Å². The maximum atomic E-state index is 11.1. The number of rotatable bonds is 6. The molecule has 0 heterocycles. The predicted octanol–water partition coefficient (Wildman–Crippen LogP) is -1.72. The van der Waals surface area contributed by atoms with Crippen molar-refractivity contribution < 1.29 is 14.4 Å². The van der Waals surface area contributed by atoms with Crippen LogP contribution in [0, 0.1) is 0 Å². The van der Waals surface area contributed by atoms with Crippen LogP contribution in [-0.2, 0) is 14.4 Å². The van der Waals surface area contributed by atoms with Crippen LogP contribution in [0.5, 0.6) is 0 Å². The van der Waals surface area contributed by atoms with Crippen molar-refractivity contribution in [1.82, 2.24) is 5.32 Å². The molecule has 0 aromatic rings. The highest BCUT2D eigenvalue weighted by Gasteiger charge is 2.18. The summed E-state index contributed by atoms with van der Waals surface area (Å²) in [4.78, 5) is 32.0. The average molecular weight is 201 g/mol. The van der Waals surface area contributed by atoms with Crippen LogP contribution in [0.4, 0.5) is 0 Å². The first kappa shape index (κ1) is 12.6. The Morgan fingerprint density at radius 3 is 2.43 bits per heavy atom. The molecular weight excluding hydrogens is 186 g/mol. The second-order valence-electron chi connectivity index (χ2n) is 3.00. The van der Waals surface area contributed by atoms with Crippen molar-refractivity contribution in [2.75, 3.05) is 0 Å². The molecule has 0 aromatic carbocycles. The maximum Gasteiger partial charge on any atom is 0.240 e. The van der Waals surface area contributed by atoms with Gasteiger partial charge in [0.25, 0.3) is 0 Å². The Bertz CT molecular complexity index is 228. The second-order valence-corrected chi connectivity index (χ2v) is 3.00. The van der Waals surface area contributed by atoms with Gasteiger partial charge in [-0.3, -0.25) is 9.59 Å². The summed E-state index contributed by atoms with van der Waals surface area (Å²) < 4.78 is 0. The van der Waals surface area contributed by atoms with Crippen LogP contribution >= 0.6 is 0 Å². The van der Waals surface area contributed by atoms with Crippen LogP contribution in [0.3, 0.4) is 0 Å². The van der Waals surface area contributed by atoms with E-state index in [1.165, 1.54) is 6.92 Å². The van der Waals surface area contributed by atoms with E-state index in [0.717, 1.165) is 0 Å². The summed E-state index contributed by atoms with van der Waals surface area (Å²) in [5, 5.41) is 2.35. The van der Waals surface area contributed by atoms with Gasteiger partial charge >= 0.3 is 0 Å². The third-order valence-electron chi connectivity index (χ3n) is 1.65. The van der Waals surface area contributed by atoms with Crippen molar-refractivity contribution in [3.05, 3.63) is 0 Å². The van der Waals surface area contributed by atoms with E-state index in [9.17, 15) is 14.4 Å². The van der Waals surface area contributed by atoms with Gasteiger partial charge in [0, 0.05) is 6.42 Å². The molecule has 6 heteroatoms. The maximum absolute atomic E-state index is 11.1. The van der Waals surface area contributed by atoms with Crippen molar-refractivity contribution in [3.8, 4) is 0 Å². The summed E-state index contributed by atoms with van der Waals surface area (Å²) in [5.74, 6) is -1.12. The quantitative estimate of drug-likeness (QED) is 0.443. The monoisotopic (exact) mass is 201 g/mol. The number of hydrogen-bond acceptors (Lipinski definition) is 4. The Morgan fingerprint density at radius 1 is 1.50 bits per heavy atom.